The average Bonchev–Trinajstić information content (AvgIpc) is 2.38. The number of sulfonamides is 1. The van der Waals surface area contributed by atoms with Crippen LogP contribution in [0.5, 0.6) is 0 Å². The van der Waals surface area contributed by atoms with Crippen molar-refractivity contribution in [2.45, 2.75) is 4.90 Å². The summed E-state index contributed by atoms with van der Waals surface area (Å²) in [6, 6.07) is 8.71. The highest BCUT2D eigenvalue weighted by Crippen LogP contribution is 2.16. The lowest BCUT2D eigenvalue weighted by molar-refractivity contribution is 0.592. The Morgan fingerprint density at radius 2 is 2.05 bits per heavy atom. The van der Waals surface area contributed by atoms with Gasteiger partial charge in [0.1, 0.15) is 10.7 Å². The molecule has 0 fully saturated rings. The molecule has 2 rings (SSSR count). The zero-order chi connectivity index (χ0) is 13.9. The first-order valence-electron chi connectivity index (χ1n) is 5.15. The van der Waals surface area contributed by atoms with Crippen LogP contribution >= 0.6 is 0 Å². The maximum absolute atomic E-state index is 13.0. The number of hydrogen-bond acceptors (Lipinski definition) is 4. The lowest BCUT2D eigenvalue weighted by atomic mass is 10.2. The van der Waals surface area contributed by atoms with Crippen molar-refractivity contribution in [3.8, 4) is 6.07 Å². The summed E-state index contributed by atoms with van der Waals surface area (Å²) in [6.45, 7) is 0. The molecule has 1 aromatic heterocycles. The number of aromatic nitrogens is 1. The molecule has 0 saturated carbocycles. The Morgan fingerprint density at radius 3 is 2.74 bits per heavy atom. The van der Waals surface area contributed by atoms with Crippen LogP contribution in [0.15, 0.2) is 47.6 Å². The number of nitrogens with one attached hydrogen (secondary N) is 1. The molecule has 19 heavy (non-hydrogen) atoms. The number of anilines is 1. The van der Waals surface area contributed by atoms with Crippen molar-refractivity contribution >= 4 is 15.7 Å². The van der Waals surface area contributed by atoms with Crippen LogP contribution in [0.2, 0.25) is 0 Å². The van der Waals surface area contributed by atoms with Gasteiger partial charge in [-0.05, 0) is 24.3 Å². The summed E-state index contributed by atoms with van der Waals surface area (Å²) in [4.78, 5) is 3.20. The van der Waals surface area contributed by atoms with E-state index in [1.165, 1.54) is 12.1 Å². The molecule has 1 aromatic carbocycles. The van der Waals surface area contributed by atoms with Crippen LogP contribution in [0.1, 0.15) is 5.56 Å². The monoisotopic (exact) mass is 277 g/mol. The van der Waals surface area contributed by atoms with E-state index in [-0.39, 0.29) is 10.6 Å². The second-order valence-electron chi connectivity index (χ2n) is 3.64. The van der Waals surface area contributed by atoms with Gasteiger partial charge in [-0.2, -0.15) is 5.26 Å². The predicted octanol–water partition coefficient (Wildman–Crippen LogP) is 1.89. The van der Waals surface area contributed by atoms with Crippen LogP contribution in [0, 0.1) is 17.1 Å². The molecule has 0 saturated heterocycles. The second kappa shape index (κ2) is 5.04. The van der Waals surface area contributed by atoms with Crippen LogP contribution in [0.3, 0.4) is 0 Å². The van der Waals surface area contributed by atoms with Gasteiger partial charge < -0.3 is 0 Å². The average molecular weight is 277 g/mol. The minimum absolute atomic E-state index is 0.225. The summed E-state index contributed by atoms with van der Waals surface area (Å²) in [6.07, 6.45) is 1.95. The van der Waals surface area contributed by atoms with Crippen LogP contribution in [0.4, 0.5) is 10.1 Å². The van der Waals surface area contributed by atoms with Gasteiger partial charge in [0.15, 0.2) is 0 Å². The molecule has 0 aliphatic carbocycles. The fraction of sp³-hybridized carbons (Fsp3) is 0. The maximum atomic E-state index is 13.0. The van der Waals surface area contributed by atoms with Gasteiger partial charge in [-0.15, -0.1) is 0 Å². The first-order chi connectivity index (χ1) is 9.01. The zero-order valence-corrected chi connectivity index (χ0v) is 10.4. The lowest BCUT2D eigenvalue weighted by Gasteiger charge is -2.07. The summed E-state index contributed by atoms with van der Waals surface area (Å²) in [7, 11) is -3.92. The smallest absolute Gasteiger partial charge is 0.263 e. The Kier molecular flexibility index (Phi) is 3.44. The number of nitriles is 1. The molecule has 7 heteroatoms. The molecule has 5 nitrogen and oxygen atoms in total. The van der Waals surface area contributed by atoms with E-state index in [9.17, 15) is 12.8 Å². The molecule has 0 aliphatic heterocycles. The second-order valence-corrected chi connectivity index (χ2v) is 5.32. The standard InChI is InChI=1S/C12H8FN3O2S/c13-10-5-12(8-15-7-10)19(17,18)16-11-3-1-2-9(4-11)6-14/h1-5,7-8,16H. The van der Waals surface area contributed by atoms with Gasteiger partial charge >= 0.3 is 0 Å². The van der Waals surface area contributed by atoms with Crippen LogP contribution in [-0.4, -0.2) is 13.4 Å². The number of hydrogen-bond donors (Lipinski definition) is 1. The molecule has 0 spiro atoms. The first-order valence-corrected chi connectivity index (χ1v) is 6.63. The van der Waals surface area contributed by atoms with E-state index in [2.05, 4.69) is 9.71 Å². The number of pyridine rings is 1. The minimum Gasteiger partial charge on any atom is -0.280 e. The Morgan fingerprint density at radius 1 is 1.26 bits per heavy atom. The Bertz CT molecular complexity index is 754. The Hall–Kier alpha value is -2.46. The molecule has 0 unspecified atom stereocenters. The van der Waals surface area contributed by atoms with Gasteiger partial charge in [0.2, 0.25) is 0 Å². The zero-order valence-electron chi connectivity index (χ0n) is 9.54. The largest absolute Gasteiger partial charge is 0.280 e. The van der Waals surface area contributed by atoms with Crippen LogP contribution < -0.4 is 4.72 Å². The van der Waals surface area contributed by atoms with Gasteiger partial charge in [0, 0.05) is 6.20 Å². The fourth-order valence-electron chi connectivity index (χ4n) is 1.41. The number of benzene rings is 1. The molecule has 0 amide bonds. The van der Waals surface area contributed by atoms with Crippen LogP contribution in [0.25, 0.3) is 0 Å². The Balaban J connectivity index is 2.34. The molecule has 0 bridgehead atoms. The maximum Gasteiger partial charge on any atom is 0.263 e. The van der Waals surface area contributed by atoms with E-state index in [1.807, 2.05) is 6.07 Å². The van der Waals surface area contributed by atoms with Gasteiger partial charge in [0.25, 0.3) is 10.0 Å². The third-order valence-electron chi connectivity index (χ3n) is 2.23. The quantitative estimate of drug-likeness (QED) is 0.928. The van der Waals surface area contributed by atoms with Crippen molar-refractivity contribution in [1.29, 1.82) is 5.26 Å². The molecule has 0 radical (unpaired) electrons. The third-order valence-corrected chi connectivity index (χ3v) is 3.58. The summed E-state index contributed by atoms with van der Waals surface area (Å²) < 4.78 is 39.1. The molecular weight excluding hydrogens is 269 g/mol. The molecule has 1 N–H and O–H groups in total. The summed E-state index contributed by atoms with van der Waals surface area (Å²) >= 11 is 0. The summed E-state index contributed by atoms with van der Waals surface area (Å²) in [5.41, 5.74) is 0.542. The SMILES string of the molecule is N#Cc1cccc(NS(=O)(=O)c2cncc(F)c2)c1. The van der Waals surface area contributed by atoms with Gasteiger partial charge in [-0.25, -0.2) is 12.8 Å². The van der Waals surface area contributed by atoms with E-state index >= 15 is 0 Å². The normalized spacial score (nSPS) is 10.7. The number of halogens is 1. The first kappa shape index (κ1) is 13.0. The minimum atomic E-state index is -3.92. The topological polar surface area (TPSA) is 82.9 Å². The van der Waals surface area contributed by atoms with E-state index in [1.54, 1.807) is 12.1 Å². The molecule has 0 atom stereocenters. The van der Waals surface area contributed by atoms with Crippen molar-refractivity contribution in [1.82, 2.24) is 4.98 Å². The molecule has 96 valence electrons. The summed E-state index contributed by atoms with van der Waals surface area (Å²) in [5.74, 6) is -0.742. The van der Waals surface area contributed by atoms with Crippen LogP contribution in [-0.2, 0) is 10.0 Å². The molecule has 2 aromatic rings. The third kappa shape index (κ3) is 3.05. The van der Waals surface area contributed by atoms with Gasteiger partial charge in [-0.1, -0.05) is 6.07 Å². The highest BCUT2D eigenvalue weighted by Gasteiger charge is 2.15. The molecular formula is C12H8FN3O2S. The van der Waals surface area contributed by atoms with Crippen molar-refractivity contribution < 1.29 is 12.8 Å². The number of nitrogens with zero attached hydrogens (tertiary/aromatic N) is 2. The van der Waals surface area contributed by atoms with E-state index < -0.39 is 15.8 Å². The van der Waals surface area contributed by atoms with Gasteiger partial charge in [0.05, 0.1) is 23.5 Å². The lowest BCUT2D eigenvalue weighted by Crippen LogP contribution is -2.13. The van der Waals surface area contributed by atoms with E-state index in [4.69, 9.17) is 5.26 Å². The van der Waals surface area contributed by atoms with E-state index in [0.29, 0.717) is 5.56 Å². The van der Waals surface area contributed by atoms with E-state index in [0.717, 1.165) is 18.5 Å². The Labute approximate surface area is 109 Å². The number of rotatable bonds is 3. The highest BCUT2D eigenvalue weighted by atomic mass is 32.2. The van der Waals surface area contributed by atoms with Crippen molar-refractivity contribution in [2.24, 2.45) is 0 Å². The predicted molar refractivity (Wildman–Crippen MR) is 66.2 cm³/mol. The van der Waals surface area contributed by atoms with Gasteiger partial charge in [-0.3, -0.25) is 9.71 Å². The van der Waals surface area contributed by atoms with Crippen molar-refractivity contribution in [3.05, 3.63) is 54.1 Å². The highest BCUT2D eigenvalue weighted by molar-refractivity contribution is 7.92. The fourth-order valence-corrected chi connectivity index (χ4v) is 2.43. The summed E-state index contributed by atoms with van der Waals surface area (Å²) in [5, 5.41) is 8.73. The van der Waals surface area contributed by atoms with Crippen molar-refractivity contribution in [3.63, 3.8) is 0 Å². The molecule has 0 aliphatic rings. The van der Waals surface area contributed by atoms with Crippen molar-refractivity contribution in [2.75, 3.05) is 4.72 Å². The molecule has 1 heterocycles.